The summed E-state index contributed by atoms with van der Waals surface area (Å²) in [6.45, 7) is 5.75. The zero-order chi connectivity index (χ0) is 29.7. The fourth-order valence-electron chi connectivity index (χ4n) is 5.81. The number of rotatable bonds is 8. The Hall–Kier alpha value is -3.29. The van der Waals surface area contributed by atoms with E-state index in [9.17, 15) is 19.1 Å². The maximum Gasteiger partial charge on any atom is 0.338 e. The lowest BCUT2D eigenvalue weighted by Gasteiger charge is -2.34. The molecule has 1 aromatic carbocycles. The molecule has 2 saturated heterocycles. The molecule has 1 aromatic heterocycles. The van der Waals surface area contributed by atoms with E-state index in [0.29, 0.717) is 27.7 Å². The number of aliphatic carboxylic acids is 1. The molecule has 0 aliphatic carbocycles. The van der Waals surface area contributed by atoms with Gasteiger partial charge in [-0.05, 0) is 44.9 Å². The summed E-state index contributed by atoms with van der Waals surface area (Å²) in [6.07, 6.45) is 1.60. The predicted octanol–water partition coefficient (Wildman–Crippen LogP) is 3.61. The number of aliphatic imine (C=N–C) groups is 1. The number of carboxylic acids is 1. The van der Waals surface area contributed by atoms with Gasteiger partial charge in [0.1, 0.15) is 17.4 Å². The van der Waals surface area contributed by atoms with Crippen molar-refractivity contribution in [3.63, 3.8) is 0 Å². The van der Waals surface area contributed by atoms with E-state index in [-0.39, 0.29) is 31.8 Å². The average Bonchev–Trinajstić information content (AvgIpc) is 3.64. The molecule has 2 unspecified atom stereocenters. The van der Waals surface area contributed by atoms with Crippen molar-refractivity contribution < 1.29 is 32.6 Å². The number of fused-ring (bicyclic) bond motifs is 1. The Balaban J connectivity index is 1.58. The Morgan fingerprint density at radius 1 is 1.29 bits per heavy atom. The maximum absolute atomic E-state index is 15.4. The molecule has 0 bridgehead atoms. The molecule has 2 fully saturated rings. The van der Waals surface area contributed by atoms with E-state index in [0.717, 1.165) is 0 Å². The summed E-state index contributed by atoms with van der Waals surface area (Å²) in [5.74, 6) is -6.06. The van der Waals surface area contributed by atoms with Gasteiger partial charge in [-0.2, -0.15) is 0 Å². The molecule has 41 heavy (non-hydrogen) atoms. The summed E-state index contributed by atoms with van der Waals surface area (Å²) in [4.78, 5) is 37.6. The molecule has 4 heterocycles. The number of nitrogens with zero attached hydrogens (tertiary/aromatic N) is 4. The van der Waals surface area contributed by atoms with E-state index in [1.165, 1.54) is 37.3 Å². The summed E-state index contributed by atoms with van der Waals surface area (Å²) in [5.41, 5.74) is -0.160. The second-order valence-corrected chi connectivity index (χ2v) is 11.9. The van der Waals surface area contributed by atoms with Crippen LogP contribution in [-0.2, 0) is 14.3 Å². The lowest BCUT2D eigenvalue weighted by Crippen LogP contribution is -2.51. The van der Waals surface area contributed by atoms with Gasteiger partial charge in [0.15, 0.2) is 10.8 Å². The summed E-state index contributed by atoms with van der Waals surface area (Å²) in [7, 11) is 0. The van der Waals surface area contributed by atoms with Crippen molar-refractivity contribution in [3.05, 3.63) is 63.0 Å². The number of halogens is 3. The number of likely N-dealkylation sites (tertiary alicyclic amines) is 2. The van der Waals surface area contributed by atoms with Crippen LogP contribution in [-0.4, -0.2) is 88.0 Å². The Bertz CT molecular complexity index is 1410. The van der Waals surface area contributed by atoms with E-state index in [1.54, 1.807) is 41.3 Å². The molecule has 13 heteroatoms. The third-order valence-corrected chi connectivity index (χ3v) is 9.03. The summed E-state index contributed by atoms with van der Waals surface area (Å²) >= 11 is 1.31. The molecule has 220 valence electrons. The number of ether oxygens (including phenoxy) is 1. The molecular formula is C28H32F3N5O4S. The number of alkyl halides is 2. The Morgan fingerprint density at radius 2 is 2.05 bits per heavy atom. The number of thiazole rings is 1. The summed E-state index contributed by atoms with van der Waals surface area (Å²) in [6, 6.07) is 2.90. The zero-order valence-corrected chi connectivity index (χ0v) is 24.0. The molecule has 0 amide bonds. The van der Waals surface area contributed by atoms with Crippen LogP contribution in [0.2, 0.25) is 0 Å². The van der Waals surface area contributed by atoms with E-state index in [4.69, 9.17) is 9.73 Å². The highest BCUT2D eigenvalue weighted by Crippen LogP contribution is 2.45. The first-order valence-electron chi connectivity index (χ1n) is 13.3. The predicted molar refractivity (Wildman–Crippen MR) is 146 cm³/mol. The molecule has 9 nitrogen and oxygen atoms in total. The maximum atomic E-state index is 15.4. The van der Waals surface area contributed by atoms with Gasteiger partial charge < -0.3 is 15.2 Å². The Labute approximate surface area is 239 Å². The van der Waals surface area contributed by atoms with Gasteiger partial charge >= 0.3 is 11.9 Å². The van der Waals surface area contributed by atoms with Gasteiger partial charge in [-0.3, -0.25) is 19.6 Å². The third-order valence-electron chi connectivity index (χ3n) is 8.25. The third kappa shape index (κ3) is 5.26. The van der Waals surface area contributed by atoms with Crippen LogP contribution in [0, 0.1) is 18.7 Å². The Morgan fingerprint density at radius 3 is 2.71 bits per heavy atom. The summed E-state index contributed by atoms with van der Waals surface area (Å²) < 4.78 is 50.8. The van der Waals surface area contributed by atoms with Crippen molar-refractivity contribution in [1.82, 2.24) is 20.1 Å². The van der Waals surface area contributed by atoms with Gasteiger partial charge in [-0.25, -0.2) is 22.9 Å². The fraction of sp³-hybridized carbons (Fsp3) is 0.500. The van der Waals surface area contributed by atoms with E-state index in [1.807, 2.05) is 0 Å². The van der Waals surface area contributed by atoms with Crippen LogP contribution in [0.15, 0.2) is 46.0 Å². The van der Waals surface area contributed by atoms with Crippen molar-refractivity contribution >= 4 is 29.1 Å². The smallest absolute Gasteiger partial charge is 0.338 e. The van der Waals surface area contributed by atoms with Crippen molar-refractivity contribution in [3.8, 4) is 0 Å². The van der Waals surface area contributed by atoms with Crippen LogP contribution >= 0.6 is 11.3 Å². The van der Waals surface area contributed by atoms with Crippen LogP contribution in [0.1, 0.15) is 42.9 Å². The number of hydrogen-bond acceptors (Lipinski definition) is 9. The van der Waals surface area contributed by atoms with Crippen molar-refractivity contribution in [2.24, 2.45) is 10.9 Å². The molecule has 2 N–H and O–H groups in total. The molecule has 3 atom stereocenters. The zero-order valence-electron chi connectivity index (χ0n) is 23.2. The number of carboxylic acid groups (broad SMARTS) is 1. The van der Waals surface area contributed by atoms with Gasteiger partial charge in [0.25, 0.3) is 5.92 Å². The minimum Gasteiger partial charge on any atom is -0.480 e. The summed E-state index contributed by atoms with van der Waals surface area (Å²) in [5, 5.41) is 15.1. The van der Waals surface area contributed by atoms with Crippen molar-refractivity contribution in [2.75, 3.05) is 32.8 Å². The van der Waals surface area contributed by atoms with Gasteiger partial charge in [-0.1, -0.05) is 12.1 Å². The second-order valence-electron chi connectivity index (χ2n) is 11.0. The van der Waals surface area contributed by atoms with Crippen LogP contribution in [0.4, 0.5) is 13.2 Å². The van der Waals surface area contributed by atoms with Gasteiger partial charge in [0.2, 0.25) is 0 Å². The molecule has 0 radical (unpaired) electrons. The number of aromatic nitrogens is 1. The number of amidine groups is 1. The lowest BCUT2D eigenvalue weighted by molar-refractivity contribution is -0.149. The fourth-order valence-corrected chi connectivity index (χ4v) is 6.40. The van der Waals surface area contributed by atoms with Gasteiger partial charge in [-0.15, -0.1) is 11.3 Å². The highest BCUT2D eigenvalue weighted by molar-refractivity contribution is 7.11. The highest BCUT2D eigenvalue weighted by Gasteiger charge is 2.60. The van der Waals surface area contributed by atoms with Gasteiger partial charge in [0, 0.05) is 43.0 Å². The van der Waals surface area contributed by atoms with Crippen LogP contribution in [0.5, 0.6) is 0 Å². The minimum atomic E-state index is -3.07. The molecule has 3 aliphatic rings. The van der Waals surface area contributed by atoms with Crippen molar-refractivity contribution in [1.29, 1.82) is 0 Å². The van der Waals surface area contributed by atoms with Crippen LogP contribution in [0.25, 0.3) is 0 Å². The number of nitrogens with one attached hydrogen (secondary N) is 1. The highest BCUT2D eigenvalue weighted by atomic mass is 32.1. The second kappa shape index (κ2) is 10.8. The van der Waals surface area contributed by atoms with E-state index >= 15 is 8.78 Å². The number of esters is 1. The topological polar surface area (TPSA) is 107 Å². The largest absolute Gasteiger partial charge is 0.480 e. The number of carbonyl (C=O) groups is 2. The molecule has 3 aliphatic heterocycles. The lowest BCUT2D eigenvalue weighted by atomic mass is 9.92. The van der Waals surface area contributed by atoms with E-state index in [2.05, 4.69) is 10.3 Å². The standard InChI is InChI=1S/C28H32F3N5O4S/c1-5-40-25(37)21-19(12-35-14-28(30,31)17-11-36(13-20(17)35)27(3,4)26(38)39)33-23(24-32-9-10-41-24)34-22(21)16-7-6-8-18(29)15(16)2/h6-10,17,20,22H,5,11-14H2,1-4H3,(H,33,34)(H,38,39)/t17?,20?,22-/m0/s1. The van der Waals surface area contributed by atoms with Gasteiger partial charge in [0.05, 0.1) is 24.6 Å². The van der Waals surface area contributed by atoms with Crippen LogP contribution < -0.4 is 5.32 Å². The molecule has 2 aromatic rings. The molecule has 0 spiro atoms. The normalized spacial score (nSPS) is 24.7. The van der Waals surface area contributed by atoms with Crippen LogP contribution in [0.3, 0.4) is 0 Å². The number of carbonyl (C=O) groups excluding carboxylic acids is 1. The van der Waals surface area contributed by atoms with E-state index < -0.39 is 53.8 Å². The minimum absolute atomic E-state index is 0.0678. The molecule has 0 saturated carbocycles. The quantitative estimate of drug-likeness (QED) is 0.449. The number of hydrogen-bond donors (Lipinski definition) is 2. The SMILES string of the molecule is CCOC(=O)C1=C(CN2CC(F)(F)C3CN(C(C)(C)C(=O)O)CC32)NC(c2nccs2)=N[C@H]1c1cccc(F)c1C. The average molecular weight is 592 g/mol. The first-order valence-corrected chi connectivity index (χ1v) is 14.2. The molecule has 5 rings (SSSR count). The van der Waals surface area contributed by atoms with Crippen molar-refractivity contribution in [2.45, 2.75) is 51.2 Å². The molecular weight excluding hydrogens is 559 g/mol. The Kier molecular flexibility index (Phi) is 7.72. The monoisotopic (exact) mass is 591 g/mol. The number of benzene rings is 1. The first kappa shape index (κ1) is 29.2. The first-order chi connectivity index (χ1) is 19.3.